The molecule has 2 nitrogen and oxygen atoms in total. The van der Waals surface area contributed by atoms with Gasteiger partial charge in [-0.2, -0.15) is 0 Å². The van der Waals surface area contributed by atoms with Crippen LogP contribution in [0, 0.1) is 0 Å². The lowest BCUT2D eigenvalue weighted by Crippen LogP contribution is -2.74. The normalized spacial score (nSPS) is 11.9. The van der Waals surface area contributed by atoms with Gasteiger partial charge in [-0.1, -0.05) is 188 Å². The van der Waals surface area contributed by atoms with Crippen LogP contribution in [-0.2, 0) is 0 Å². The molecule has 3 heteroatoms. The number of hydrogen-bond acceptors (Lipinski definition) is 2. The van der Waals surface area contributed by atoms with Gasteiger partial charge < -0.3 is 9.32 Å². The van der Waals surface area contributed by atoms with E-state index in [1.54, 1.807) is 0 Å². The lowest BCUT2D eigenvalue weighted by molar-refractivity contribution is 0.672. The third-order valence-corrected chi connectivity index (χ3v) is 16.6. The van der Waals surface area contributed by atoms with Crippen LogP contribution < -0.4 is 25.6 Å². The van der Waals surface area contributed by atoms with E-state index < -0.39 is 8.07 Å². The molecule has 1 heterocycles. The van der Waals surface area contributed by atoms with Crippen LogP contribution in [0.1, 0.15) is 0 Å². The monoisotopic (exact) mass is 743 g/mol. The van der Waals surface area contributed by atoms with E-state index in [-0.39, 0.29) is 0 Å². The van der Waals surface area contributed by atoms with Crippen LogP contribution in [0.3, 0.4) is 0 Å². The maximum absolute atomic E-state index is 6.78. The fourth-order valence-electron chi connectivity index (χ4n) is 9.27. The second-order valence-electron chi connectivity index (χ2n) is 14.8. The van der Waals surface area contributed by atoms with Gasteiger partial charge in [0.25, 0.3) is 0 Å². The van der Waals surface area contributed by atoms with Crippen LogP contribution in [0.4, 0.5) is 17.1 Å². The summed E-state index contributed by atoms with van der Waals surface area (Å²) < 4.78 is 6.78. The predicted molar refractivity (Wildman–Crippen MR) is 245 cm³/mol. The summed E-state index contributed by atoms with van der Waals surface area (Å²) in [4.78, 5) is 2.46. The highest BCUT2D eigenvalue weighted by Gasteiger charge is 2.41. The number of hydrogen-bond donors (Lipinski definition) is 0. The van der Waals surface area contributed by atoms with E-state index >= 15 is 0 Å². The molecule has 0 aliphatic carbocycles. The molecule has 0 spiro atoms. The molecule has 0 bridgehead atoms. The van der Waals surface area contributed by atoms with Crippen molar-refractivity contribution in [3.05, 3.63) is 224 Å². The number of rotatable bonds is 7. The van der Waals surface area contributed by atoms with Gasteiger partial charge in [-0.25, -0.2) is 0 Å². The van der Waals surface area contributed by atoms with Crippen molar-refractivity contribution < 1.29 is 4.42 Å². The lowest BCUT2D eigenvalue weighted by atomic mass is 9.98. The van der Waals surface area contributed by atoms with Gasteiger partial charge in [0.1, 0.15) is 11.2 Å². The third-order valence-electron chi connectivity index (χ3n) is 11.8. The molecule has 0 amide bonds. The molecular weight excluding hydrogens is 707 g/mol. The highest BCUT2D eigenvalue weighted by molar-refractivity contribution is 7.19. The summed E-state index contributed by atoms with van der Waals surface area (Å²) in [5.74, 6) is 0. The molecule has 268 valence electrons. The smallest absolute Gasteiger partial charge is 0.179 e. The zero-order valence-electron chi connectivity index (χ0n) is 31.2. The molecule has 0 atom stereocenters. The zero-order valence-corrected chi connectivity index (χ0v) is 32.2. The maximum atomic E-state index is 6.78. The Morgan fingerprint density at radius 2 is 0.860 bits per heavy atom. The second kappa shape index (κ2) is 13.5. The molecule has 11 rings (SSSR count). The number of anilines is 3. The molecule has 57 heavy (non-hydrogen) atoms. The second-order valence-corrected chi connectivity index (χ2v) is 18.6. The van der Waals surface area contributed by atoms with Crippen molar-refractivity contribution in [2.24, 2.45) is 0 Å². The number of nitrogens with zero attached hydrogens (tertiary/aromatic N) is 1. The summed E-state index contributed by atoms with van der Waals surface area (Å²) in [6.45, 7) is 0. The minimum absolute atomic E-state index is 0.870. The summed E-state index contributed by atoms with van der Waals surface area (Å²) >= 11 is 0. The van der Waals surface area contributed by atoms with Crippen LogP contribution in [0.5, 0.6) is 0 Å². The fourth-order valence-corrected chi connectivity index (χ4v) is 14.0. The van der Waals surface area contributed by atoms with Gasteiger partial charge in [-0.15, -0.1) is 0 Å². The largest absolute Gasteiger partial charge is 0.455 e. The molecule has 10 aromatic carbocycles. The highest BCUT2D eigenvalue weighted by Crippen LogP contribution is 2.47. The van der Waals surface area contributed by atoms with Crippen LogP contribution >= 0.6 is 0 Å². The first kappa shape index (κ1) is 33.2. The molecule has 0 aliphatic heterocycles. The molecule has 0 N–H and O–H groups in total. The van der Waals surface area contributed by atoms with Crippen molar-refractivity contribution in [1.82, 2.24) is 0 Å². The summed E-state index contributed by atoms with van der Waals surface area (Å²) in [5, 5.41) is 14.8. The summed E-state index contributed by atoms with van der Waals surface area (Å²) in [6.07, 6.45) is 0. The summed E-state index contributed by atoms with van der Waals surface area (Å²) in [7, 11) is -2.72. The minimum Gasteiger partial charge on any atom is -0.455 e. The highest BCUT2D eigenvalue weighted by atomic mass is 28.3. The Morgan fingerprint density at radius 3 is 1.51 bits per heavy atom. The van der Waals surface area contributed by atoms with E-state index in [0.29, 0.717) is 0 Å². The Balaban J connectivity index is 1.20. The molecule has 0 aliphatic rings. The van der Waals surface area contributed by atoms with Crippen LogP contribution in [-0.4, -0.2) is 8.07 Å². The van der Waals surface area contributed by atoms with Crippen LogP contribution in [0.25, 0.3) is 54.3 Å². The molecule has 1 aromatic heterocycles. The van der Waals surface area contributed by atoms with Gasteiger partial charge >= 0.3 is 0 Å². The van der Waals surface area contributed by atoms with Gasteiger partial charge in [0.15, 0.2) is 8.07 Å². The first-order chi connectivity index (χ1) is 28.3. The number of furan rings is 1. The fraction of sp³-hybridized carbons (Fsp3) is 0. The number of fused-ring (bicyclic) bond motifs is 8. The zero-order chi connectivity index (χ0) is 37.8. The van der Waals surface area contributed by atoms with Crippen molar-refractivity contribution in [2.45, 2.75) is 0 Å². The first-order valence-electron chi connectivity index (χ1n) is 19.6. The minimum atomic E-state index is -2.72. The molecule has 11 aromatic rings. The van der Waals surface area contributed by atoms with E-state index in [0.717, 1.165) is 44.4 Å². The molecule has 0 radical (unpaired) electrons. The Hall–Kier alpha value is -7.20. The molecule has 0 saturated carbocycles. The van der Waals surface area contributed by atoms with Crippen LogP contribution in [0.15, 0.2) is 229 Å². The maximum Gasteiger partial charge on any atom is 0.179 e. The first-order valence-corrected chi connectivity index (χ1v) is 21.6. The van der Waals surface area contributed by atoms with E-state index in [4.69, 9.17) is 4.42 Å². The Morgan fingerprint density at radius 1 is 0.333 bits per heavy atom. The van der Waals surface area contributed by atoms with E-state index in [2.05, 4.69) is 229 Å². The Labute approximate surface area is 332 Å². The number of benzene rings is 10. The lowest BCUT2D eigenvalue weighted by Gasteiger charge is -2.35. The topological polar surface area (TPSA) is 16.4 Å². The van der Waals surface area contributed by atoms with Gasteiger partial charge in [-0.3, -0.25) is 0 Å². The van der Waals surface area contributed by atoms with Crippen LogP contribution in [0.2, 0.25) is 0 Å². The molecule has 0 fully saturated rings. The van der Waals surface area contributed by atoms with Gasteiger partial charge in [-0.05, 0) is 78.7 Å². The Bertz CT molecular complexity index is 3130. The van der Waals surface area contributed by atoms with Gasteiger partial charge in [0.2, 0.25) is 0 Å². The molecule has 0 saturated heterocycles. The quantitative estimate of drug-likeness (QED) is 0.0918. The van der Waals surface area contributed by atoms with Crippen molar-refractivity contribution in [2.75, 3.05) is 4.90 Å². The third kappa shape index (κ3) is 5.24. The van der Waals surface area contributed by atoms with E-state index in [1.165, 1.54) is 47.7 Å². The standard InChI is InChI=1S/C54H37NOSi/c1-4-19-41(20-5-1)57(42-21-6-2-7-22-42,43-23-8-3-9-24-43)44-34-32-40(33-35-44)55(51-37-39-18-11-12-25-45(39)47-27-14-15-28-48(47)51)50-29-16-30-52-53(50)49-36-31-38-17-10-13-26-46(38)54(49)56-52/h1-37H. The average Bonchev–Trinajstić information content (AvgIpc) is 3.69. The Kier molecular flexibility index (Phi) is 7.87. The predicted octanol–water partition coefficient (Wildman–Crippen LogP) is 11.9. The van der Waals surface area contributed by atoms with E-state index in [9.17, 15) is 0 Å². The van der Waals surface area contributed by atoms with E-state index in [1.807, 2.05) is 0 Å². The summed E-state index contributed by atoms with van der Waals surface area (Å²) in [6, 6.07) is 82.2. The van der Waals surface area contributed by atoms with Crippen molar-refractivity contribution in [3.8, 4) is 0 Å². The average molecular weight is 744 g/mol. The SMILES string of the molecule is c1ccc([Si](c2ccccc2)(c2ccccc2)c2ccc(N(c3cc4ccccc4c4ccccc34)c3cccc4oc5c6ccccc6ccc5c34)cc2)cc1. The van der Waals surface area contributed by atoms with Crippen molar-refractivity contribution >= 4 is 100 Å². The van der Waals surface area contributed by atoms with Crippen molar-refractivity contribution in [1.29, 1.82) is 0 Å². The summed E-state index contributed by atoms with van der Waals surface area (Å²) in [5.41, 5.74) is 5.07. The van der Waals surface area contributed by atoms with Gasteiger partial charge in [0, 0.05) is 21.8 Å². The van der Waals surface area contributed by atoms with Crippen molar-refractivity contribution in [3.63, 3.8) is 0 Å². The molecular formula is C54H37NOSi. The molecule has 0 unspecified atom stereocenters. The van der Waals surface area contributed by atoms with Gasteiger partial charge in [0.05, 0.1) is 16.8 Å².